The van der Waals surface area contributed by atoms with Crippen molar-refractivity contribution in [2.45, 2.75) is 44.4 Å². The van der Waals surface area contributed by atoms with Gasteiger partial charge in [0.05, 0.1) is 45.3 Å². The molecule has 1 unspecified atom stereocenters. The Morgan fingerprint density at radius 2 is 1.47 bits per heavy atom. The normalized spacial score (nSPS) is 19.7. The third-order valence-electron chi connectivity index (χ3n) is 8.84. The molecule has 2 aromatic rings. The first-order chi connectivity index (χ1) is 21.7. The Balaban J connectivity index is 1.52. The Kier molecular flexibility index (Phi) is 10.8. The first-order valence-electron chi connectivity index (χ1n) is 15.1. The van der Waals surface area contributed by atoms with Gasteiger partial charge in [-0.15, -0.1) is 0 Å². The van der Waals surface area contributed by atoms with Crippen molar-refractivity contribution in [3.8, 4) is 0 Å². The van der Waals surface area contributed by atoms with Crippen LogP contribution in [0.3, 0.4) is 0 Å². The lowest BCUT2D eigenvalue weighted by molar-refractivity contribution is -0.133. The molecule has 1 saturated heterocycles. The highest BCUT2D eigenvalue weighted by Gasteiger charge is 2.42. The number of aliphatic carboxylic acids is 2. The highest BCUT2D eigenvalue weighted by Crippen LogP contribution is 2.45. The zero-order valence-electron chi connectivity index (χ0n) is 24.6. The molecule has 12 heteroatoms. The molecule has 2 fully saturated rings. The molecule has 0 radical (unpaired) electrons. The van der Waals surface area contributed by atoms with Crippen LogP contribution >= 0.6 is 23.2 Å². The van der Waals surface area contributed by atoms with Gasteiger partial charge in [-0.05, 0) is 36.5 Å². The molecule has 3 aliphatic rings. The molecule has 2 heterocycles. The second kappa shape index (κ2) is 14.8. The number of halogens is 2. The molecule has 1 aliphatic carbocycles. The molecule has 1 saturated carbocycles. The van der Waals surface area contributed by atoms with Gasteiger partial charge in [-0.3, -0.25) is 9.69 Å². The van der Waals surface area contributed by atoms with Gasteiger partial charge >= 0.3 is 11.9 Å². The van der Waals surface area contributed by atoms with Crippen LogP contribution in [0.25, 0.3) is 0 Å². The average Bonchev–Trinajstić information content (AvgIpc) is 3.02. The number of carboxylic acids is 2. The standard InChI is InChI=1S/C33H35Cl2N3O6S/c34-22-12-7-13-23(35)26(22)28-27(32(40)41)24(36-30(29(28)33(42)43)31(45-44)21-10-5-2-6-11-21)18-25(39)38-16-14-37(15-17-38)19-20-8-3-1-4-9-20/h2,5-7,10-13,20,28,36H,1,3-4,8-9,14-19H2,(H,40,41)(H,42,43). The lowest BCUT2D eigenvalue weighted by Gasteiger charge is -2.38. The molecular formula is C33H35Cl2N3O6S. The van der Waals surface area contributed by atoms with E-state index in [9.17, 15) is 28.8 Å². The monoisotopic (exact) mass is 671 g/mol. The Labute approximate surface area is 275 Å². The number of piperazine rings is 1. The number of dihydropyridines is 1. The molecule has 45 heavy (non-hydrogen) atoms. The Hall–Kier alpha value is -3.44. The van der Waals surface area contributed by atoms with Crippen LogP contribution in [0.5, 0.6) is 0 Å². The fraction of sp³-hybridized carbons (Fsp3) is 0.394. The lowest BCUT2D eigenvalue weighted by Crippen LogP contribution is -2.50. The summed E-state index contributed by atoms with van der Waals surface area (Å²) in [5.41, 5.74) is -0.378. The molecule has 0 spiro atoms. The number of carbonyl (C=O) groups is 3. The number of carboxylic acid groups (broad SMARTS) is 2. The second-order valence-electron chi connectivity index (χ2n) is 11.6. The number of rotatable bonds is 9. The number of carbonyl (C=O) groups excluding carboxylic acids is 1. The molecule has 9 nitrogen and oxygen atoms in total. The molecule has 3 N–H and O–H groups in total. The molecule has 238 valence electrons. The Morgan fingerprint density at radius 1 is 0.844 bits per heavy atom. The lowest BCUT2D eigenvalue weighted by atomic mass is 9.78. The van der Waals surface area contributed by atoms with Gasteiger partial charge in [-0.2, -0.15) is 0 Å². The maximum Gasteiger partial charge on any atom is 0.334 e. The van der Waals surface area contributed by atoms with Crippen molar-refractivity contribution in [2.24, 2.45) is 5.92 Å². The smallest absolute Gasteiger partial charge is 0.334 e. The van der Waals surface area contributed by atoms with Crippen molar-refractivity contribution in [1.29, 1.82) is 0 Å². The summed E-state index contributed by atoms with van der Waals surface area (Å²) in [6.45, 7) is 3.48. The van der Waals surface area contributed by atoms with E-state index < -0.39 is 23.4 Å². The summed E-state index contributed by atoms with van der Waals surface area (Å²) in [7, 11) is 0. The van der Waals surface area contributed by atoms with Crippen LogP contribution in [0.1, 0.15) is 55.6 Å². The van der Waals surface area contributed by atoms with Crippen LogP contribution in [0, 0.1) is 5.92 Å². The van der Waals surface area contributed by atoms with E-state index in [4.69, 9.17) is 23.2 Å². The molecule has 2 aliphatic heterocycles. The van der Waals surface area contributed by atoms with Crippen molar-refractivity contribution < 1.29 is 28.8 Å². The van der Waals surface area contributed by atoms with Gasteiger partial charge in [-0.1, -0.05) is 78.9 Å². The molecule has 0 bridgehead atoms. The predicted octanol–water partition coefficient (Wildman–Crippen LogP) is 4.91. The molecule has 1 atom stereocenters. The number of hydrogen-bond donors (Lipinski definition) is 3. The van der Waals surface area contributed by atoms with E-state index in [1.807, 2.05) is 0 Å². The summed E-state index contributed by atoms with van der Waals surface area (Å²) >= 11 is 13.2. The number of amides is 1. The summed E-state index contributed by atoms with van der Waals surface area (Å²) in [5, 5.41) is 24.1. The highest BCUT2D eigenvalue weighted by molar-refractivity contribution is 7.67. The van der Waals surface area contributed by atoms with Gasteiger partial charge in [0.2, 0.25) is 5.91 Å². The molecule has 2 aromatic carbocycles. The van der Waals surface area contributed by atoms with Crippen molar-refractivity contribution in [1.82, 2.24) is 15.1 Å². The number of hydrogen-bond acceptors (Lipinski definition) is 6. The van der Waals surface area contributed by atoms with Gasteiger partial charge in [0.25, 0.3) is 0 Å². The van der Waals surface area contributed by atoms with Gasteiger partial charge in [0.1, 0.15) is 0 Å². The van der Waals surface area contributed by atoms with E-state index in [1.165, 1.54) is 44.2 Å². The minimum Gasteiger partial charge on any atom is -0.478 e. The Morgan fingerprint density at radius 3 is 2.04 bits per heavy atom. The summed E-state index contributed by atoms with van der Waals surface area (Å²) in [4.78, 5) is 43.7. The predicted molar refractivity (Wildman–Crippen MR) is 175 cm³/mol. The fourth-order valence-electron chi connectivity index (χ4n) is 6.63. The van der Waals surface area contributed by atoms with Crippen molar-refractivity contribution in [3.05, 3.63) is 92.2 Å². The molecule has 5 rings (SSSR count). The van der Waals surface area contributed by atoms with Gasteiger partial charge in [0.15, 0.2) is 0 Å². The zero-order valence-corrected chi connectivity index (χ0v) is 27.0. The van der Waals surface area contributed by atoms with Gasteiger partial charge < -0.3 is 20.4 Å². The molecule has 0 aromatic heterocycles. The second-order valence-corrected chi connectivity index (χ2v) is 13.0. The minimum absolute atomic E-state index is 0.0133. The van der Waals surface area contributed by atoms with Crippen LogP contribution in [0.4, 0.5) is 0 Å². The largest absolute Gasteiger partial charge is 0.478 e. The third kappa shape index (κ3) is 7.35. The van der Waals surface area contributed by atoms with E-state index in [0.29, 0.717) is 24.6 Å². The van der Waals surface area contributed by atoms with Crippen LogP contribution in [0.2, 0.25) is 10.0 Å². The highest BCUT2D eigenvalue weighted by atomic mass is 35.5. The van der Waals surface area contributed by atoms with Crippen LogP contribution < -0.4 is 5.32 Å². The third-order valence-corrected chi connectivity index (χ3v) is 10.1. The fourth-order valence-corrected chi connectivity index (χ4v) is 7.72. The molecular weight excluding hydrogens is 637 g/mol. The topological polar surface area (TPSA) is 127 Å². The SMILES string of the molecule is O=S=C(C1=C(C(=O)O)C(c2c(Cl)cccc2Cl)C(C(=O)O)=C(CC(=O)N2CCN(CC3CCCCC3)CC2)N1)c1ccccc1. The summed E-state index contributed by atoms with van der Waals surface area (Å²) < 4.78 is 12.6. The maximum absolute atomic E-state index is 13.7. The number of benzene rings is 2. The van der Waals surface area contributed by atoms with Gasteiger partial charge in [0, 0.05) is 54.0 Å². The van der Waals surface area contributed by atoms with Crippen LogP contribution in [0.15, 0.2) is 71.1 Å². The maximum atomic E-state index is 13.7. The van der Waals surface area contributed by atoms with E-state index in [0.717, 1.165) is 19.6 Å². The van der Waals surface area contributed by atoms with Crippen LogP contribution in [-0.4, -0.2) is 79.7 Å². The van der Waals surface area contributed by atoms with Crippen molar-refractivity contribution >= 4 is 57.2 Å². The minimum atomic E-state index is -1.47. The van der Waals surface area contributed by atoms with Gasteiger partial charge in [-0.25, -0.2) is 13.8 Å². The summed E-state index contributed by atoms with van der Waals surface area (Å²) in [6, 6.07) is 13.0. The first-order valence-corrected chi connectivity index (χ1v) is 16.6. The Bertz CT molecular complexity index is 1570. The summed E-state index contributed by atoms with van der Waals surface area (Å²) in [5.74, 6) is -3.98. The number of nitrogens with zero attached hydrogens (tertiary/aromatic N) is 2. The van der Waals surface area contributed by atoms with Crippen molar-refractivity contribution in [3.63, 3.8) is 0 Å². The number of nitrogens with one attached hydrogen (secondary N) is 1. The van der Waals surface area contributed by atoms with E-state index in [-0.39, 0.29) is 61.0 Å². The van der Waals surface area contributed by atoms with E-state index in [1.54, 1.807) is 41.3 Å². The summed E-state index contributed by atoms with van der Waals surface area (Å²) in [6.07, 6.45) is 5.98. The zero-order chi connectivity index (χ0) is 32.1. The van der Waals surface area contributed by atoms with Crippen LogP contribution in [-0.2, 0) is 25.6 Å². The average molecular weight is 673 g/mol. The van der Waals surface area contributed by atoms with Crippen molar-refractivity contribution in [2.75, 3.05) is 32.7 Å². The number of allylic oxidation sites excluding steroid dienone is 1. The first kappa shape index (κ1) is 32.9. The molecule has 1 amide bonds. The van der Waals surface area contributed by atoms with E-state index >= 15 is 0 Å². The van der Waals surface area contributed by atoms with E-state index in [2.05, 4.69) is 10.2 Å². The quantitative estimate of drug-likeness (QED) is 0.254.